The van der Waals surface area contributed by atoms with Crippen molar-refractivity contribution in [2.24, 2.45) is 5.92 Å². The van der Waals surface area contributed by atoms with Crippen molar-refractivity contribution in [2.75, 3.05) is 0 Å². The molecule has 1 aliphatic rings. The van der Waals surface area contributed by atoms with Crippen LogP contribution in [0.5, 0.6) is 0 Å². The van der Waals surface area contributed by atoms with E-state index in [0.717, 1.165) is 34.6 Å². The Kier molecular flexibility index (Phi) is 4.16. The molecule has 0 atom stereocenters. The molecule has 24 heavy (non-hydrogen) atoms. The maximum Gasteiger partial charge on any atom is 0.227 e. The molecular weight excluding hydrogens is 298 g/mol. The van der Waals surface area contributed by atoms with E-state index in [4.69, 9.17) is 4.42 Å². The Morgan fingerprint density at radius 2 is 1.79 bits per heavy atom. The summed E-state index contributed by atoms with van der Waals surface area (Å²) in [6.07, 6.45) is 6.95. The molecule has 3 aromatic rings. The maximum absolute atomic E-state index is 12.4. The van der Waals surface area contributed by atoms with Crippen molar-refractivity contribution in [1.29, 1.82) is 0 Å². The van der Waals surface area contributed by atoms with Crippen LogP contribution in [-0.2, 0) is 0 Å². The lowest BCUT2D eigenvalue weighted by molar-refractivity contribution is 0.0974. The van der Waals surface area contributed by atoms with Gasteiger partial charge in [0.25, 0.3) is 0 Å². The summed E-state index contributed by atoms with van der Waals surface area (Å²) < 4.78 is 5.77. The van der Waals surface area contributed by atoms with E-state index in [-0.39, 0.29) is 5.78 Å². The molecule has 0 bridgehead atoms. The van der Waals surface area contributed by atoms with Gasteiger partial charge in [0.2, 0.25) is 5.89 Å². The second kappa shape index (κ2) is 6.60. The normalized spacial score (nSPS) is 15.2. The first kappa shape index (κ1) is 15.1. The predicted molar refractivity (Wildman–Crippen MR) is 95.0 cm³/mol. The van der Waals surface area contributed by atoms with Crippen molar-refractivity contribution < 1.29 is 9.21 Å². The van der Waals surface area contributed by atoms with Crippen LogP contribution in [0.2, 0.25) is 0 Å². The number of Topliss-reactive ketones (excluding diaryl/α,β-unsaturated/α-hetero) is 1. The molecule has 2 aromatic carbocycles. The van der Waals surface area contributed by atoms with E-state index in [1.54, 1.807) is 0 Å². The van der Waals surface area contributed by atoms with E-state index in [1.165, 1.54) is 25.7 Å². The average Bonchev–Trinajstić information content (AvgIpc) is 3.29. The van der Waals surface area contributed by atoms with Crippen LogP contribution in [-0.4, -0.2) is 10.8 Å². The summed E-state index contributed by atoms with van der Waals surface area (Å²) >= 11 is 0. The van der Waals surface area contributed by atoms with Crippen LogP contribution < -0.4 is 0 Å². The molecule has 3 heteroatoms. The third-order valence-corrected chi connectivity index (χ3v) is 5.00. The zero-order valence-corrected chi connectivity index (χ0v) is 13.7. The first-order valence-electron chi connectivity index (χ1n) is 8.79. The number of aromatic nitrogens is 1. The van der Waals surface area contributed by atoms with Crippen LogP contribution in [0.1, 0.15) is 48.9 Å². The molecule has 0 radical (unpaired) electrons. The standard InChI is InChI=1S/C21H21NO2/c23-19(14-9-15-5-1-2-6-15)16-10-12-17(13-11-16)21-22-18-7-3-4-8-20(18)24-21/h3-4,7-8,10-13,15H,1-2,5-6,9,14H2. The zero-order chi connectivity index (χ0) is 16.4. The van der Waals surface area contributed by atoms with Gasteiger partial charge in [0.15, 0.2) is 11.4 Å². The van der Waals surface area contributed by atoms with Crippen LogP contribution in [0.3, 0.4) is 0 Å². The first-order valence-corrected chi connectivity index (χ1v) is 8.79. The van der Waals surface area contributed by atoms with E-state index in [1.807, 2.05) is 48.5 Å². The van der Waals surface area contributed by atoms with Crippen molar-refractivity contribution in [3.8, 4) is 11.5 Å². The molecule has 0 amide bonds. The van der Waals surface area contributed by atoms with Crippen LogP contribution in [0.15, 0.2) is 52.9 Å². The van der Waals surface area contributed by atoms with E-state index in [9.17, 15) is 4.79 Å². The zero-order valence-electron chi connectivity index (χ0n) is 13.7. The number of carbonyl (C=O) groups is 1. The summed E-state index contributed by atoms with van der Waals surface area (Å²) in [4.78, 5) is 16.8. The number of hydrogen-bond acceptors (Lipinski definition) is 3. The lowest BCUT2D eigenvalue weighted by Crippen LogP contribution is -2.02. The second-order valence-electron chi connectivity index (χ2n) is 6.68. The lowest BCUT2D eigenvalue weighted by Gasteiger charge is -2.07. The largest absolute Gasteiger partial charge is 0.436 e. The van der Waals surface area contributed by atoms with Gasteiger partial charge in [0.05, 0.1) is 0 Å². The Labute approximate surface area is 141 Å². The van der Waals surface area contributed by atoms with Gasteiger partial charge in [-0.15, -0.1) is 0 Å². The Bertz CT molecular complexity index is 809. The highest BCUT2D eigenvalue weighted by atomic mass is 16.3. The third-order valence-electron chi connectivity index (χ3n) is 5.00. The second-order valence-corrected chi connectivity index (χ2v) is 6.68. The van der Waals surface area contributed by atoms with E-state index >= 15 is 0 Å². The summed E-state index contributed by atoms with van der Waals surface area (Å²) in [7, 11) is 0. The number of nitrogens with zero attached hydrogens (tertiary/aromatic N) is 1. The molecule has 1 aromatic heterocycles. The van der Waals surface area contributed by atoms with Gasteiger partial charge < -0.3 is 4.42 Å². The van der Waals surface area contributed by atoms with Crippen molar-refractivity contribution in [3.05, 3.63) is 54.1 Å². The van der Waals surface area contributed by atoms with Gasteiger partial charge in [0, 0.05) is 17.5 Å². The van der Waals surface area contributed by atoms with Crippen LogP contribution in [0.25, 0.3) is 22.6 Å². The van der Waals surface area contributed by atoms with E-state index in [2.05, 4.69) is 4.98 Å². The van der Waals surface area contributed by atoms with Gasteiger partial charge in [-0.3, -0.25) is 4.79 Å². The molecule has 0 N–H and O–H groups in total. The molecule has 0 spiro atoms. The monoisotopic (exact) mass is 319 g/mol. The lowest BCUT2D eigenvalue weighted by atomic mass is 9.97. The highest BCUT2D eigenvalue weighted by Crippen LogP contribution is 2.29. The molecule has 1 heterocycles. The Hall–Kier alpha value is -2.42. The van der Waals surface area contributed by atoms with Gasteiger partial charge in [-0.2, -0.15) is 0 Å². The van der Waals surface area contributed by atoms with Crippen LogP contribution in [0.4, 0.5) is 0 Å². The van der Waals surface area contributed by atoms with E-state index in [0.29, 0.717) is 12.3 Å². The topological polar surface area (TPSA) is 43.1 Å². The Balaban J connectivity index is 1.46. The molecule has 1 aliphatic carbocycles. The molecule has 4 rings (SSSR count). The molecule has 0 saturated heterocycles. The summed E-state index contributed by atoms with van der Waals surface area (Å²) in [6.45, 7) is 0. The fraction of sp³-hybridized carbons (Fsp3) is 0.333. The highest BCUT2D eigenvalue weighted by molar-refractivity contribution is 5.96. The molecule has 0 unspecified atom stereocenters. The summed E-state index contributed by atoms with van der Waals surface area (Å²) in [5.41, 5.74) is 3.32. The van der Waals surface area contributed by atoms with Gasteiger partial charge in [-0.1, -0.05) is 49.9 Å². The molecular formula is C21H21NO2. The van der Waals surface area contributed by atoms with Crippen molar-refractivity contribution in [1.82, 2.24) is 4.98 Å². The maximum atomic E-state index is 12.4. The quantitative estimate of drug-likeness (QED) is 0.571. The minimum atomic E-state index is 0.242. The Morgan fingerprint density at radius 1 is 1.04 bits per heavy atom. The SMILES string of the molecule is O=C(CCC1CCCC1)c1ccc(-c2nc3ccccc3o2)cc1. The number of ketones is 1. The number of hydrogen-bond donors (Lipinski definition) is 0. The number of rotatable bonds is 5. The van der Waals surface area contributed by atoms with Gasteiger partial charge >= 0.3 is 0 Å². The van der Waals surface area contributed by atoms with E-state index < -0.39 is 0 Å². The van der Waals surface area contributed by atoms with Gasteiger partial charge in [-0.05, 0) is 36.6 Å². The minimum absolute atomic E-state index is 0.242. The number of carbonyl (C=O) groups excluding carboxylic acids is 1. The number of fused-ring (bicyclic) bond motifs is 1. The summed E-state index contributed by atoms with van der Waals surface area (Å²) in [5, 5.41) is 0. The smallest absolute Gasteiger partial charge is 0.227 e. The van der Waals surface area contributed by atoms with Crippen LogP contribution in [0, 0.1) is 5.92 Å². The molecule has 122 valence electrons. The minimum Gasteiger partial charge on any atom is -0.436 e. The third kappa shape index (κ3) is 3.12. The Morgan fingerprint density at radius 3 is 2.54 bits per heavy atom. The van der Waals surface area contributed by atoms with Crippen molar-refractivity contribution in [2.45, 2.75) is 38.5 Å². The van der Waals surface area contributed by atoms with Crippen molar-refractivity contribution in [3.63, 3.8) is 0 Å². The number of oxazole rings is 1. The summed E-state index contributed by atoms with van der Waals surface area (Å²) in [5.74, 6) is 1.60. The van der Waals surface area contributed by atoms with Crippen LogP contribution >= 0.6 is 0 Å². The van der Waals surface area contributed by atoms with Crippen molar-refractivity contribution >= 4 is 16.9 Å². The van der Waals surface area contributed by atoms with Gasteiger partial charge in [0.1, 0.15) is 5.52 Å². The fourth-order valence-electron chi connectivity index (χ4n) is 3.57. The average molecular weight is 319 g/mol. The highest BCUT2D eigenvalue weighted by Gasteiger charge is 2.17. The molecule has 0 aliphatic heterocycles. The molecule has 3 nitrogen and oxygen atoms in total. The fourth-order valence-corrected chi connectivity index (χ4v) is 3.57. The first-order chi connectivity index (χ1) is 11.8. The number of benzene rings is 2. The molecule has 1 fully saturated rings. The number of para-hydroxylation sites is 2. The van der Waals surface area contributed by atoms with Gasteiger partial charge in [-0.25, -0.2) is 4.98 Å². The molecule has 1 saturated carbocycles. The predicted octanol–water partition coefficient (Wildman–Crippen LogP) is 5.65. The summed E-state index contributed by atoms with van der Waals surface area (Å²) in [6, 6.07) is 15.4.